The number of benzene rings is 2. The van der Waals surface area contributed by atoms with Gasteiger partial charge in [0.15, 0.2) is 0 Å². The third-order valence-corrected chi connectivity index (χ3v) is 3.89. The Hall–Kier alpha value is -2.27. The van der Waals surface area contributed by atoms with E-state index in [2.05, 4.69) is 17.9 Å². The maximum absolute atomic E-state index is 12.3. The number of carbonyl (C=O) groups is 2. The lowest BCUT2D eigenvalue weighted by Crippen LogP contribution is -2.42. The lowest BCUT2D eigenvalue weighted by atomic mass is 10.0. The quantitative estimate of drug-likeness (QED) is 0.633. The average Bonchev–Trinajstić information content (AvgIpc) is 2.59. The molecule has 0 aliphatic carbocycles. The first-order chi connectivity index (χ1) is 11.1. The van der Waals surface area contributed by atoms with Crippen molar-refractivity contribution in [3.63, 3.8) is 0 Å². The zero-order chi connectivity index (χ0) is 16.7. The van der Waals surface area contributed by atoms with E-state index in [0.717, 1.165) is 5.56 Å². The summed E-state index contributed by atoms with van der Waals surface area (Å²) < 4.78 is 4.80. The molecule has 0 fully saturated rings. The number of thiol groups is 1. The predicted molar refractivity (Wildman–Crippen MR) is 91.7 cm³/mol. The molecule has 2 aromatic carbocycles. The molecule has 4 nitrogen and oxygen atoms in total. The average molecular weight is 329 g/mol. The van der Waals surface area contributed by atoms with E-state index in [4.69, 9.17) is 4.74 Å². The zero-order valence-corrected chi connectivity index (χ0v) is 13.8. The van der Waals surface area contributed by atoms with Crippen molar-refractivity contribution in [3.05, 3.63) is 65.7 Å². The molecule has 0 spiro atoms. The minimum Gasteiger partial charge on any atom is -0.467 e. The fourth-order valence-electron chi connectivity index (χ4n) is 2.25. The summed E-state index contributed by atoms with van der Waals surface area (Å²) in [4.78, 5) is 24.8. The van der Waals surface area contributed by atoms with Gasteiger partial charge in [-0.2, -0.15) is 0 Å². The SMILES string of the molecule is COC(=O)C(CCc1ccccc1)NC(=O)c1ccccc1S. The summed E-state index contributed by atoms with van der Waals surface area (Å²) in [6, 6.07) is 16.1. The van der Waals surface area contributed by atoms with Gasteiger partial charge >= 0.3 is 5.97 Å². The molecule has 5 heteroatoms. The molecule has 2 aromatic rings. The molecule has 1 N–H and O–H groups in total. The van der Waals surface area contributed by atoms with E-state index >= 15 is 0 Å². The number of hydrogen-bond acceptors (Lipinski definition) is 4. The predicted octanol–water partition coefficient (Wildman–Crippen LogP) is 2.88. The second kappa shape index (κ2) is 8.39. The van der Waals surface area contributed by atoms with Crippen LogP contribution in [0, 0.1) is 0 Å². The molecule has 23 heavy (non-hydrogen) atoms. The second-order valence-electron chi connectivity index (χ2n) is 5.09. The highest BCUT2D eigenvalue weighted by molar-refractivity contribution is 7.80. The fraction of sp³-hybridized carbons (Fsp3) is 0.222. The van der Waals surface area contributed by atoms with Gasteiger partial charge in [0.25, 0.3) is 5.91 Å². The first-order valence-corrected chi connectivity index (χ1v) is 7.77. The Morgan fingerprint density at radius 2 is 1.74 bits per heavy atom. The van der Waals surface area contributed by atoms with Crippen molar-refractivity contribution >= 4 is 24.5 Å². The summed E-state index contributed by atoms with van der Waals surface area (Å²) >= 11 is 4.27. The Balaban J connectivity index is 2.05. The molecule has 1 unspecified atom stereocenters. The largest absolute Gasteiger partial charge is 0.467 e. The van der Waals surface area contributed by atoms with Gasteiger partial charge in [0, 0.05) is 4.90 Å². The zero-order valence-electron chi connectivity index (χ0n) is 12.9. The van der Waals surface area contributed by atoms with Crippen molar-refractivity contribution in [2.75, 3.05) is 7.11 Å². The van der Waals surface area contributed by atoms with E-state index in [1.54, 1.807) is 24.3 Å². The highest BCUT2D eigenvalue weighted by Gasteiger charge is 2.22. The normalized spacial score (nSPS) is 11.6. The molecule has 0 saturated carbocycles. The number of amides is 1. The molecule has 0 bridgehead atoms. The third-order valence-electron chi connectivity index (χ3n) is 3.50. The van der Waals surface area contributed by atoms with E-state index in [-0.39, 0.29) is 5.91 Å². The minimum absolute atomic E-state index is 0.334. The van der Waals surface area contributed by atoms with Crippen molar-refractivity contribution in [2.24, 2.45) is 0 Å². The molecular weight excluding hydrogens is 310 g/mol. The van der Waals surface area contributed by atoms with Gasteiger partial charge in [0.05, 0.1) is 12.7 Å². The maximum atomic E-state index is 12.3. The Morgan fingerprint density at radius 3 is 2.39 bits per heavy atom. The minimum atomic E-state index is -0.694. The van der Waals surface area contributed by atoms with Gasteiger partial charge in [-0.15, -0.1) is 12.6 Å². The molecule has 2 rings (SSSR count). The second-order valence-corrected chi connectivity index (χ2v) is 5.57. The number of esters is 1. The standard InChI is InChI=1S/C18H19NO3S/c1-22-18(21)15(12-11-13-7-3-2-4-8-13)19-17(20)14-9-5-6-10-16(14)23/h2-10,15,23H,11-12H2,1H3,(H,19,20). The first kappa shape index (κ1) is 17.1. The van der Waals surface area contributed by atoms with Gasteiger partial charge in [-0.1, -0.05) is 42.5 Å². The van der Waals surface area contributed by atoms with Crippen LogP contribution in [0.25, 0.3) is 0 Å². The van der Waals surface area contributed by atoms with Crippen molar-refractivity contribution in [1.29, 1.82) is 0 Å². The van der Waals surface area contributed by atoms with Crippen molar-refractivity contribution in [3.8, 4) is 0 Å². The van der Waals surface area contributed by atoms with Crippen molar-refractivity contribution in [2.45, 2.75) is 23.8 Å². The van der Waals surface area contributed by atoms with Crippen molar-refractivity contribution < 1.29 is 14.3 Å². The molecule has 0 radical (unpaired) electrons. The van der Waals surface area contributed by atoms with Crippen LogP contribution in [0.4, 0.5) is 0 Å². The number of aryl methyl sites for hydroxylation is 1. The van der Waals surface area contributed by atoms with Gasteiger partial charge in [0.2, 0.25) is 0 Å². The van der Waals surface area contributed by atoms with E-state index < -0.39 is 12.0 Å². The van der Waals surface area contributed by atoms with E-state index in [0.29, 0.717) is 23.3 Å². The van der Waals surface area contributed by atoms with Crippen LogP contribution < -0.4 is 5.32 Å². The van der Waals surface area contributed by atoms with Crippen LogP contribution in [0.2, 0.25) is 0 Å². The molecule has 0 aliphatic heterocycles. The summed E-state index contributed by atoms with van der Waals surface area (Å²) in [5.41, 5.74) is 1.54. The lowest BCUT2D eigenvalue weighted by molar-refractivity contribution is -0.143. The number of hydrogen-bond donors (Lipinski definition) is 2. The van der Waals surface area contributed by atoms with Gasteiger partial charge in [-0.3, -0.25) is 4.79 Å². The smallest absolute Gasteiger partial charge is 0.328 e. The van der Waals surface area contributed by atoms with Crippen molar-refractivity contribution in [1.82, 2.24) is 5.32 Å². The molecule has 0 aliphatic rings. The number of carbonyl (C=O) groups excluding carboxylic acids is 2. The van der Waals surface area contributed by atoms with E-state index in [9.17, 15) is 9.59 Å². The van der Waals surface area contributed by atoms with Crippen LogP contribution in [0.3, 0.4) is 0 Å². The van der Waals surface area contributed by atoms with Crippen LogP contribution >= 0.6 is 12.6 Å². The molecule has 1 amide bonds. The number of methoxy groups -OCH3 is 1. The van der Waals surface area contributed by atoms with Crippen LogP contribution in [-0.2, 0) is 16.0 Å². The molecular formula is C18H19NO3S. The summed E-state index contributed by atoms with van der Waals surface area (Å²) in [6.07, 6.45) is 1.14. The Bertz CT molecular complexity index is 673. The lowest BCUT2D eigenvalue weighted by Gasteiger charge is -2.17. The summed E-state index contributed by atoms with van der Waals surface area (Å²) in [5.74, 6) is -0.787. The van der Waals surface area contributed by atoms with Gasteiger partial charge < -0.3 is 10.1 Å². The molecule has 120 valence electrons. The number of nitrogens with one attached hydrogen (secondary N) is 1. The Morgan fingerprint density at radius 1 is 1.09 bits per heavy atom. The topological polar surface area (TPSA) is 55.4 Å². The van der Waals surface area contributed by atoms with Crippen LogP contribution in [0.1, 0.15) is 22.3 Å². The molecule has 0 heterocycles. The molecule has 0 aromatic heterocycles. The molecule has 0 saturated heterocycles. The third kappa shape index (κ3) is 4.86. The van der Waals surface area contributed by atoms with Gasteiger partial charge in [-0.05, 0) is 30.5 Å². The maximum Gasteiger partial charge on any atom is 0.328 e. The highest BCUT2D eigenvalue weighted by atomic mass is 32.1. The van der Waals surface area contributed by atoms with Gasteiger partial charge in [-0.25, -0.2) is 4.79 Å². The summed E-state index contributed by atoms with van der Waals surface area (Å²) in [5, 5.41) is 2.73. The number of rotatable bonds is 6. The van der Waals surface area contributed by atoms with Gasteiger partial charge in [0.1, 0.15) is 6.04 Å². The Labute approximate surface area is 141 Å². The molecule has 1 atom stereocenters. The summed E-state index contributed by atoms with van der Waals surface area (Å²) in [6.45, 7) is 0. The number of ether oxygens (including phenoxy) is 1. The van der Waals surface area contributed by atoms with Crippen LogP contribution in [0.5, 0.6) is 0 Å². The monoisotopic (exact) mass is 329 g/mol. The highest BCUT2D eigenvalue weighted by Crippen LogP contribution is 2.14. The van der Waals surface area contributed by atoms with E-state index in [1.165, 1.54) is 7.11 Å². The van der Waals surface area contributed by atoms with Crippen LogP contribution in [-0.4, -0.2) is 25.0 Å². The first-order valence-electron chi connectivity index (χ1n) is 7.32. The Kier molecular flexibility index (Phi) is 6.23. The van der Waals surface area contributed by atoms with E-state index in [1.807, 2.05) is 30.3 Å². The summed E-state index contributed by atoms with van der Waals surface area (Å²) in [7, 11) is 1.32. The fourth-order valence-corrected chi connectivity index (χ4v) is 2.51. The van der Waals surface area contributed by atoms with Crippen LogP contribution in [0.15, 0.2) is 59.5 Å².